The molecule has 0 N–H and O–H groups in total. The van der Waals surface area contributed by atoms with Gasteiger partial charge < -0.3 is 4.42 Å². The second kappa shape index (κ2) is 7.90. The first-order valence-electron chi connectivity index (χ1n) is 10.4. The molecule has 8 heteroatoms. The maximum Gasteiger partial charge on any atom is 0.343 e. The third-order valence-electron chi connectivity index (χ3n) is 5.63. The molecule has 0 spiro atoms. The maximum absolute atomic E-state index is 13.7. The zero-order chi connectivity index (χ0) is 23.2. The van der Waals surface area contributed by atoms with E-state index < -0.39 is 16.1 Å². The molecule has 4 aromatic rings. The van der Waals surface area contributed by atoms with Gasteiger partial charge in [0.25, 0.3) is 10.0 Å². The van der Waals surface area contributed by atoms with Gasteiger partial charge in [-0.2, -0.15) is 4.31 Å². The third-order valence-corrected chi connectivity index (χ3v) is 7.37. The minimum absolute atomic E-state index is 0.0654. The molecular weight excluding hydrogens is 438 g/mol. The average Bonchev–Trinajstić information content (AvgIpc) is 3.19. The van der Waals surface area contributed by atoms with Crippen LogP contribution in [-0.2, 0) is 16.6 Å². The van der Waals surface area contributed by atoms with Crippen molar-refractivity contribution in [2.75, 3.05) is 9.21 Å². The van der Waals surface area contributed by atoms with Crippen molar-refractivity contribution in [2.45, 2.75) is 25.3 Å². The number of urea groups is 1. The van der Waals surface area contributed by atoms with Crippen LogP contribution in [0.4, 0.5) is 16.2 Å². The van der Waals surface area contributed by atoms with Crippen LogP contribution in [0.2, 0.25) is 0 Å². The van der Waals surface area contributed by atoms with Gasteiger partial charge in [0.05, 0.1) is 17.9 Å². The Morgan fingerprint density at radius 3 is 2.21 bits per heavy atom. The smallest absolute Gasteiger partial charge is 0.343 e. The number of anilines is 2. The van der Waals surface area contributed by atoms with Crippen molar-refractivity contribution in [1.82, 2.24) is 4.98 Å². The van der Waals surface area contributed by atoms with E-state index >= 15 is 0 Å². The van der Waals surface area contributed by atoms with Gasteiger partial charge >= 0.3 is 6.03 Å². The van der Waals surface area contributed by atoms with Gasteiger partial charge in [-0.25, -0.2) is 18.2 Å². The largest absolute Gasteiger partial charge is 0.441 e. The van der Waals surface area contributed by atoms with E-state index in [0.717, 1.165) is 9.87 Å². The second-order valence-corrected chi connectivity index (χ2v) is 9.54. The zero-order valence-electron chi connectivity index (χ0n) is 18.1. The number of carbonyl (C=O) groups is 1. The van der Waals surface area contributed by atoms with Gasteiger partial charge in [-0.3, -0.25) is 4.90 Å². The summed E-state index contributed by atoms with van der Waals surface area (Å²) in [7, 11) is -4.08. The molecule has 5 rings (SSSR count). The number of amides is 2. The molecule has 0 aliphatic carbocycles. The summed E-state index contributed by atoms with van der Waals surface area (Å²) in [6.07, 6.45) is 0. The number of benzene rings is 3. The van der Waals surface area contributed by atoms with Crippen LogP contribution in [0.1, 0.15) is 17.0 Å². The lowest BCUT2D eigenvalue weighted by atomic mass is 10.2. The highest BCUT2D eigenvalue weighted by molar-refractivity contribution is 7.94. The predicted molar refractivity (Wildman–Crippen MR) is 126 cm³/mol. The van der Waals surface area contributed by atoms with Crippen LogP contribution >= 0.6 is 0 Å². The Morgan fingerprint density at radius 1 is 0.848 bits per heavy atom. The summed E-state index contributed by atoms with van der Waals surface area (Å²) in [6, 6.07) is 22.2. The van der Waals surface area contributed by atoms with E-state index in [9.17, 15) is 13.2 Å². The van der Waals surface area contributed by atoms with Crippen molar-refractivity contribution in [3.63, 3.8) is 0 Å². The summed E-state index contributed by atoms with van der Waals surface area (Å²) in [5.74, 6) is 1.01. The lowest BCUT2D eigenvalue weighted by Crippen LogP contribution is -2.51. The number of para-hydroxylation sites is 2. The van der Waals surface area contributed by atoms with Crippen molar-refractivity contribution in [2.24, 2.45) is 0 Å². The lowest BCUT2D eigenvalue weighted by Gasteiger charge is -2.36. The number of rotatable bonds is 4. The highest BCUT2D eigenvalue weighted by atomic mass is 32.2. The predicted octanol–water partition coefficient (Wildman–Crippen LogP) is 5.29. The van der Waals surface area contributed by atoms with Gasteiger partial charge in [-0.15, -0.1) is 0 Å². The zero-order valence-corrected chi connectivity index (χ0v) is 18.9. The molecule has 1 aromatic heterocycles. The molecule has 0 bridgehead atoms. The SMILES string of the molecule is Cc1ccccc1N1C(=O)N(Cc2nc(-c3ccccc3)oc2C)c2ccccc2S1(=O)=O. The van der Waals surface area contributed by atoms with Crippen LogP contribution in [0.3, 0.4) is 0 Å². The summed E-state index contributed by atoms with van der Waals surface area (Å²) >= 11 is 0. The number of sulfonamides is 1. The van der Waals surface area contributed by atoms with E-state index in [1.165, 1.54) is 11.0 Å². The van der Waals surface area contributed by atoms with E-state index in [0.29, 0.717) is 34.3 Å². The normalized spacial score (nSPS) is 14.9. The molecule has 0 radical (unpaired) electrons. The molecule has 0 atom stereocenters. The minimum atomic E-state index is -4.08. The topological polar surface area (TPSA) is 83.7 Å². The summed E-state index contributed by atoms with van der Waals surface area (Å²) in [5, 5.41) is 0. The summed E-state index contributed by atoms with van der Waals surface area (Å²) in [6.45, 7) is 3.62. The highest BCUT2D eigenvalue weighted by Crippen LogP contribution is 2.39. The molecule has 2 heterocycles. The van der Waals surface area contributed by atoms with Crippen molar-refractivity contribution < 1.29 is 17.6 Å². The van der Waals surface area contributed by atoms with E-state index in [1.54, 1.807) is 56.3 Å². The monoisotopic (exact) mass is 459 g/mol. The Morgan fingerprint density at radius 2 is 1.48 bits per heavy atom. The van der Waals surface area contributed by atoms with Crippen LogP contribution in [0.25, 0.3) is 11.5 Å². The number of fused-ring (bicyclic) bond motifs is 1. The Balaban J connectivity index is 1.61. The number of aryl methyl sites for hydroxylation is 2. The average molecular weight is 460 g/mol. The Kier molecular flexibility index (Phi) is 5.02. The Bertz CT molecular complexity index is 1460. The number of carbonyl (C=O) groups excluding carboxylic acids is 1. The van der Waals surface area contributed by atoms with Crippen LogP contribution in [0.15, 0.2) is 88.2 Å². The molecular formula is C25H21N3O4S. The molecule has 1 aliphatic heterocycles. The van der Waals surface area contributed by atoms with Crippen molar-refractivity contribution in [1.29, 1.82) is 0 Å². The Hall–Kier alpha value is -3.91. The van der Waals surface area contributed by atoms with Gasteiger partial charge in [0, 0.05) is 5.56 Å². The van der Waals surface area contributed by atoms with Crippen LogP contribution < -0.4 is 9.21 Å². The standard InChI is InChI=1S/C25H21N3O4S/c1-17-10-6-7-13-21(17)28-25(29)27(22-14-8-9-15-23(22)33(28,30)31)16-20-18(2)32-24(26-20)19-11-4-3-5-12-19/h3-15H,16H2,1-2H3. The van der Waals surface area contributed by atoms with E-state index in [4.69, 9.17) is 4.42 Å². The van der Waals surface area contributed by atoms with E-state index in [-0.39, 0.29) is 11.4 Å². The molecule has 0 fully saturated rings. The van der Waals surface area contributed by atoms with Crippen LogP contribution in [0.5, 0.6) is 0 Å². The molecule has 7 nitrogen and oxygen atoms in total. The molecule has 0 saturated carbocycles. The fourth-order valence-electron chi connectivity index (χ4n) is 3.92. The number of hydrogen-bond acceptors (Lipinski definition) is 5. The van der Waals surface area contributed by atoms with Gasteiger partial charge in [0.15, 0.2) is 0 Å². The fraction of sp³-hybridized carbons (Fsp3) is 0.120. The summed E-state index contributed by atoms with van der Waals surface area (Å²) in [5.41, 5.74) is 2.69. The van der Waals surface area contributed by atoms with Gasteiger partial charge in [-0.05, 0) is 49.7 Å². The first kappa shape index (κ1) is 21.0. The fourth-order valence-corrected chi connectivity index (χ4v) is 5.58. The minimum Gasteiger partial charge on any atom is -0.441 e. The van der Waals surface area contributed by atoms with Gasteiger partial charge in [0.2, 0.25) is 5.89 Å². The van der Waals surface area contributed by atoms with Crippen LogP contribution in [0, 0.1) is 13.8 Å². The first-order chi connectivity index (χ1) is 15.9. The van der Waals surface area contributed by atoms with Crippen molar-refractivity contribution in [3.05, 3.63) is 95.9 Å². The van der Waals surface area contributed by atoms with Crippen molar-refractivity contribution in [3.8, 4) is 11.5 Å². The number of nitrogens with zero attached hydrogens (tertiary/aromatic N) is 3. The van der Waals surface area contributed by atoms with E-state index in [2.05, 4.69) is 4.98 Å². The molecule has 0 saturated heterocycles. The second-order valence-electron chi connectivity index (χ2n) is 7.78. The highest BCUT2D eigenvalue weighted by Gasteiger charge is 2.43. The summed E-state index contributed by atoms with van der Waals surface area (Å²) in [4.78, 5) is 19.8. The molecule has 3 aromatic carbocycles. The molecule has 33 heavy (non-hydrogen) atoms. The molecule has 166 valence electrons. The molecule has 1 aliphatic rings. The van der Waals surface area contributed by atoms with Crippen LogP contribution in [-0.4, -0.2) is 19.4 Å². The van der Waals surface area contributed by atoms with Crippen molar-refractivity contribution >= 4 is 27.4 Å². The van der Waals surface area contributed by atoms with E-state index in [1.807, 2.05) is 30.3 Å². The number of aromatic nitrogens is 1. The Labute approximate surface area is 192 Å². The third kappa shape index (κ3) is 3.48. The number of hydrogen-bond donors (Lipinski definition) is 0. The quantitative estimate of drug-likeness (QED) is 0.414. The first-order valence-corrected chi connectivity index (χ1v) is 11.8. The summed E-state index contributed by atoms with van der Waals surface area (Å²) < 4.78 is 33.7. The maximum atomic E-state index is 13.7. The number of oxazole rings is 1. The molecule has 2 amide bonds. The molecule has 0 unspecified atom stereocenters. The van der Waals surface area contributed by atoms with Gasteiger partial charge in [-0.1, -0.05) is 48.5 Å². The lowest BCUT2D eigenvalue weighted by molar-refractivity contribution is 0.253. The van der Waals surface area contributed by atoms with Gasteiger partial charge in [0.1, 0.15) is 16.3 Å².